The molecule has 0 saturated carbocycles. The molecule has 0 aliphatic carbocycles. The lowest BCUT2D eigenvalue weighted by Gasteiger charge is -2.23. The van der Waals surface area contributed by atoms with Crippen LogP contribution in [0.2, 0.25) is 0 Å². The Labute approximate surface area is 129 Å². The Bertz CT molecular complexity index is 413. The number of nitrogens with zero attached hydrogens (tertiary/aromatic N) is 1. The Kier molecular flexibility index (Phi) is 8.49. The minimum atomic E-state index is 0.0321. The lowest BCUT2D eigenvalue weighted by atomic mass is 10.2. The van der Waals surface area contributed by atoms with Crippen molar-refractivity contribution in [1.82, 2.24) is 0 Å². The van der Waals surface area contributed by atoms with E-state index in [0.29, 0.717) is 26.1 Å². The second-order valence-electron chi connectivity index (χ2n) is 4.53. The molecular weight excluding hydrogens is 320 g/mol. The molecule has 0 fully saturated rings. The molecule has 1 rings (SSSR count). The monoisotopic (exact) mass is 342 g/mol. The van der Waals surface area contributed by atoms with E-state index in [1.165, 1.54) is 0 Å². The summed E-state index contributed by atoms with van der Waals surface area (Å²) in [5.41, 5.74) is 6.35. The van der Waals surface area contributed by atoms with Crippen molar-refractivity contribution in [1.29, 1.82) is 0 Å². The van der Waals surface area contributed by atoms with Gasteiger partial charge in [-0.15, -0.1) is 0 Å². The van der Waals surface area contributed by atoms with Crippen LogP contribution in [-0.4, -0.2) is 32.2 Å². The van der Waals surface area contributed by atoms with E-state index in [-0.39, 0.29) is 5.91 Å². The number of ether oxygens (including phenoxy) is 1. The van der Waals surface area contributed by atoms with Crippen molar-refractivity contribution in [2.75, 3.05) is 31.2 Å². The maximum atomic E-state index is 12.1. The van der Waals surface area contributed by atoms with Crippen LogP contribution in [-0.2, 0) is 9.53 Å². The second kappa shape index (κ2) is 9.91. The Morgan fingerprint density at radius 1 is 1.40 bits per heavy atom. The average molecular weight is 343 g/mol. The summed E-state index contributed by atoms with van der Waals surface area (Å²) < 4.78 is 6.50. The van der Waals surface area contributed by atoms with Gasteiger partial charge in [-0.05, 0) is 24.6 Å². The number of rotatable bonds is 9. The third-order valence-electron chi connectivity index (χ3n) is 2.88. The molecule has 1 aromatic rings. The minimum Gasteiger partial charge on any atom is -0.380 e. The fourth-order valence-corrected chi connectivity index (χ4v) is 2.19. The summed E-state index contributed by atoms with van der Waals surface area (Å²) in [5.74, 6) is 0.0321. The third kappa shape index (κ3) is 6.03. The molecule has 112 valence electrons. The average Bonchev–Trinajstić information content (AvgIpc) is 2.43. The third-order valence-corrected chi connectivity index (χ3v) is 3.37. The van der Waals surface area contributed by atoms with E-state index in [9.17, 15) is 4.79 Å². The van der Waals surface area contributed by atoms with Crippen LogP contribution in [0.15, 0.2) is 28.7 Å². The first-order chi connectivity index (χ1) is 9.69. The first-order valence-corrected chi connectivity index (χ1v) is 7.82. The van der Waals surface area contributed by atoms with E-state index in [4.69, 9.17) is 10.5 Å². The normalized spacial score (nSPS) is 10.6. The fraction of sp³-hybridized carbons (Fsp3) is 0.533. The van der Waals surface area contributed by atoms with E-state index in [1.807, 2.05) is 24.3 Å². The van der Waals surface area contributed by atoms with Crippen LogP contribution in [0.5, 0.6) is 0 Å². The van der Waals surface area contributed by atoms with E-state index in [0.717, 1.165) is 29.6 Å². The van der Waals surface area contributed by atoms with Gasteiger partial charge in [-0.1, -0.05) is 35.3 Å². The van der Waals surface area contributed by atoms with Gasteiger partial charge in [0.05, 0.1) is 6.61 Å². The predicted molar refractivity (Wildman–Crippen MR) is 85.9 cm³/mol. The highest BCUT2D eigenvalue weighted by Crippen LogP contribution is 2.20. The van der Waals surface area contributed by atoms with Crippen LogP contribution < -0.4 is 10.6 Å². The molecular formula is C15H23BrN2O2. The van der Waals surface area contributed by atoms with Gasteiger partial charge in [0.2, 0.25) is 5.91 Å². The van der Waals surface area contributed by atoms with Crippen molar-refractivity contribution >= 4 is 27.5 Å². The smallest absolute Gasteiger partial charge is 0.228 e. The molecule has 0 saturated heterocycles. The molecule has 0 unspecified atom stereocenters. The van der Waals surface area contributed by atoms with Crippen LogP contribution in [0.1, 0.15) is 26.2 Å². The van der Waals surface area contributed by atoms with Crippen molar-refractivity contribution in [2.24, 2.45) is 5.73 Å². The number of hydrogen-bond donors (Lipinski definition) is 1. The number of halogens is 1. The van der Waals surface area contributed by atoms with Crippen molar-refractivity contribution in [2.45, 2.75) is 26.2 Å². The standard InChI is InChI=1S/C15H23BrN2O2/c1-2-3-10-20-11-9-18(15(19)7-8-17)14-6-4-5-13(16)12-14/h4-6,12H,2-3,7-11,17H2,1H3. The lowest BCUT2D eigenvalue weighted by molar-refractivity contribution is -0.118. The second-order valence-corrected chi connectivity index (χ2v) is 5.45. The summed E-state index contributed by atoms with van der Waals surface area (Å²) in [4.78, 5) is 13.9. The highest BCUT2D eigenvalue weighted by Gasteiger charge is 2.14. The summed E-state index contributed by atoms with van der Waals surface area (Å²) in [7, 11) is 0. The predicted octanol–water partition coefficient (Wildman–Crippen LogP) is 2.95. The fourth-order valence-electron chi connectivity index (χ4n) is 1.80. The van der Waals surface area contributed by atoms with Gasteiger partial charge in [0.15, 0.2) is 0 Å². The maximum absolute atomic E-state index is 12.1. The van der Waals surface area contributed by atoms with Crippen LogP contribution >= 0.6 is 15.9 Å². The van der Waals surface area contributed by atoms with Gasteiger partial charge in [0.1, 0.15) is 0 Å². The highest BCUT2D eigenvalue weighted by molar-refractivity contribution is 9.10. The van der Waals surface area contributed by atoms with Gasteiger partial charge >= 0.3 is 0 Å². The van der Waals surface area contributed by atoms with Crippen molar-refractivity contribution in [3.8, 4) is 0 Å². The Morgan fingerprint density at radius 3 is 2.85 bits per heavy atom. The molecule has 0 aliphatic heterocycles. The number of unbranched alkanes of at least 4 members (excludes halogenated alkanes) is 1. The number of carbonyl (C=O) groups is 1. The van der Waals surface area contributed by atoms with Crippen LogP contribution in [0.4, 0.5) is 5.69 Å². The molecule has 5 heteroatoms. The Morgan fingerprint density at radius 2 is 2.20 bits per heavy atom. The zero-order valence-electron chi connectivity index (χ0n) is 12.0. The minimum absolute atomic E-state index is 0.0321. The molecule has 4 nitrogen and oxygen atoms in total. The van der Waals surface area contributed by atoms with Gasteiger partial charge in [0.25, 0.3) is 0 Å². The van der Waals surface area contributed by atoms with Crippen molar-refractivity contribution < 1.29 is 9.53 Å². The lowest BCUT2D eigenvalue weighted by Crippen LogP contribution is -2.35. The largest absolute Gasteiger partial charge is 0.380 e. The van der Waals surface area contributed by atoms with Gasteiger partial charge < -0.3 is 15.4 Å². The Balaban J connectivity index is 2.63. The topological polar surface area (TPSA) is 55.6 Å². The molecule has 2 N–H and O–H groups in total. The van der Waals surface area contributed by atoms with E-state index in [1.54, 1.807) is 4.90 Å². The molecule has 0 aromatic heterocycles. The number of anilines is 1. The summed E-state index contributed by atoms with van der Waals surface area (Å²) in [6.07, 6.45) is 2.51. The first kappa shape index (κ1) is 17.1. The van der Waals surface area contributed by atoms with Crippen LogP contribution in [0.25, 0.3) is 0 Å². The molecule has 1 amide bonds. The molecule has 20 heavy (non-hydrogen) atoms. The van der Waals surface area contributed by atoms with Crippen LogP contribution in [0, 0.1) is 0 Å². The molecule has 1 aromatic carbocycles. The van der Waals surface area contributed by atoms with Gasteiger partial charge in [0, 0.05) is 36.3 Å². The number of hydrogen-bond acceptors (Lipinski definition) is 3. The zero-order chi connectivity index (χ0) is 14.8. The zero-order valence-corrected chi connectivity index (χ0v) is 13.6. The number of benzene rings is 1. The molecule has 0 spiro atoms. The summed E-state index contributed by atoms with van der Waals surface area (Å²) in [5, 5.41) is 0. The summed E-state index contributed by atoms with van der Waals surface area (Å²) in [6.45, 7) is 4.33. The summed E-state index contributed by atoms with van der Waals surface area (Å²) in [6, 6.07) is 7.71. The number of carbonyl (C=O) groups excluding carboxylic acids is 1. The quantitative estimate of drug-likeness (QED) is 0.702. The van der Waals surface area contributed by atoms with Crippen LogP contribution in [0.3, 0.4) is 0 Å². The maximum Gasteiger partial charge on any atom is 0.228 e. The molecule has 0 atom stereocenters. The van der Waals surface area contributed by atoms with Gasteiger partial charge in [-0.25, -0.2) is 0 Å². The number of amides is 1. The van der Waals surface area contributed by atoms with Gasteiger partial charge in [-0.2, -0.15) is 0 Å². The molecule has 0 bridgehead atoms. The SMILES string of the molecule is CCCCOCCN(C(=O)CCN)c1cccc(Br)c1. The molecule has 0 radical (unpaired) electrons. The van der Waals surface area contributed by atoms with Gasteiger partial charge in [-0.3, -0.25) is 4.79 Å². The first-order valence-electron chi connectivity index (χ1n) is 7.02. The van der Waals surface area contributed by atoms with Crippen molar-refractivity contribution in [3.63, 3.8) is 0 Å². The van der Waals surface area contributed by atoms with E-state index in [2.05, 4.69) is 22.9 Å². The number of nitrogens with two attached hydrogens (primary N) is 1. The molecule has 0 aliphatic rings. The van der Waals surface area contributed by atoms with E-state index >= 15 is 0 Å². The van der Waals surface area contributed by atoms with E-state index < -0.39 is 0 Å². The molecule has 0 heterocycles. The van der Waals surface area contributed by atoms with Crippen molar-refractivity contribution in [3.05, 3.63) is 28.7 Å². The highest BCUT2D eigenvalue weighted by atomic mass is 79.9. The Hall–Kier alpha value is -0.910. The summed E-state index contributed by atoms with van der Waals surface area (Å²) >= 11 is 3.43.